The van der Waals surface area contributed by atoms with Crippen molar-refractivity contribution in [3.8, 4) is 0 Å². The number of hydrogen-bond donors (Lipinski definition) is 0. The lowest BCUT2D eigenvalue weighted by Crippen LogP contribution is -2.53. The molecule has 0 N–H and O–H groups in total. The number of likely N-dealkylation sites (tertiary alicyclic amines) is 1. The highest BCUT2D eigenvalue weighted by atomic mass is 35.5. The van der Waals surface area contributed by atoms with Crippen molar-refractivity contribution in [1.29, 1.82) is 0 Å². The number of methoxy groups -OCH3 is 1. The Morgan fingerprint density at radius 1 is 1.25 bits per heavy atom. The Balaban J connectivity index is 1.34. The van der Waals surface area contributed by atoms with Crippen LogP contribution in [0.4, 0.5) is 14.6 Å². The number of halogens is 4. The summed E-state index contributed by atoms with van der Waals surface area (Å²) in [6.07, 6.45) is 3.57. The maximum atomic E-state index is 14.4. The Hall–Kier alpha value is -2.56. The van der Waals surface area contributed by atoms with Gasteiger partial charge in [-0.3, -0.25) is 4.90 Å². The van der Waals surface area contributed by atoms with Crippen molar-refractivity contribution >= 4 is 46.2 Å². The smallest absolute Gasteiger partial charge is 0.376 e. The topological polar surface area (TPSA) is 76.4 Å². The molecule has 5 rings (SSSR count). The van der Waals surface area contributed by atoms with Crippen LogP contribution in [-0.4, -0.2) is 75.4 Å². The predicted octanol–water partition coefficient (Wildman–Crippen LogP) is 5.93. The fourth-order valence-corrected chi connectivity index (χ4v) is 6.88. The normalized spacial score (nSPS) is 23.1. The van der Waals surface area contributed by atoms with Gasteiger partial charge < -0.3 is 9.64 Å². The zero-order valence-corrected chi connectivity index (χ0v) is 24.6. The lowest BCUT2D eigenvalue weighted by molar-refractivity contribution is -0.171. The largest absolute Gasteiger partial charge is 0.465 e. The maximum absolute atomic E-state index is 14.4. The Bertz CT molecular complexity index is 1400. The highest BCUT2D eigenvalue weighted by Gasteiger charge is 2.46. The molecule has 2 aromatic heterocycles. The van der Waals surface area contributed by atoms with Gasteiger partial charge in [-0.05, 0) is 63.3 Å². The molecule has 4 atom stereocenters. The number of ether oxygens (including phenoxy) is 1. The van der Waals surface area contributed by atoms with Crippen molar-refractivity contribution in [2.24, 2.45) is 5.92 Å². The summed E-state index contributed by atoms with van der Waals surface area (Å²) in [5.74, 6) is -3.98. The van der Waals surface area contributed by atoms with Crippen LogP contribution in [0.3, 0.4) is 0 Å². The summed E-state index contributed by atoms with van der Waals surface area (Å²) in [5.41, 5.74) is 3.07. The van der Waals surface area contributed by atoms with Gasteiger partial charge in [0.25, 0.3) is 0 Å². The summed E-state index contributed by atoms with van der Waals surface area (Å²) in [5, 5.41) is 5.86. The number of carbonyl (C=O) groups excluding carboxylic acids is 1. The third-order valence-electron chi connectivity index (χ3n) is 8.35. The average molecular weight is 596 g/mol. The molecule has 1 aromatic carbocycles. The fraction of sp³-hybridized carbons (Fsp3) is 0.571. The highest BCUT2D eigenvalue weighted by molar-refractivity contribution is 6.35. The molecule has 2 aliphatic heterocycles. The summed E-state index contributed by atoms with van der Waals surface area (Å²) < 4.78 is 35.0. The van der Waals surface area contributed by atoms with E-state index >= 15 is 0 Å². The van der Waals surface area contributed by atoms with E-state index in [1.165, 1.54) is 0 Å². The van der Waals surface area contributed by atoms with Crippen molar-refractivity contribution in [3.05, 3.63) is 45.7 Å². The van der Waals surface area contributed by atoms with Crippen molar-refractivity contribution in [3.63, 3.8) is 0 Å². The van der Waals surface area contributed by atoms with E-state index in [0.29, 0.717) is 28.7 Å². The maximum Gasteiger partial charge on any atom is 0.376 e. The molecule has 2 fully saturated rings. The zero-order chi connectivity index (χ0) is 28.8. The van der Waals surface area contributed by atoms with E-state index in [9.17, 15) is 13.6 Å². The van der Waals surface area contributed by atoms with Gasteiger partial charge in [-0.1, -0.05) is 36.2 Å². The van der Waals surface area contributed by atoms with Crippen LogP contribution in [0.5, 0.6) is 0 Å². The van der Waals surface area contributed by atoms with Crippen LogP contribution >= 0.6 is 23.2 Å². The van der Waals surface area contributed by atoms with Crippen LogP contribution in [0.25, 0.3) is 11.2 Å². The molecule has 40 heavy (non-hydrogen) atoms. The standard InChI is InChI=1S/C28H34Cl2F2N6O2/c1-16-15-36(11-9-23(16)37-10-5-6-20(37)13-28(31,32)27(39)40-4)24-14-33-25-17(2)35-38(26(25)34-24)18(3)21-8-7-19(29)12-22(21)30/h7-8,12,14,16,18,20,23H,5-6,9-11,13,15H2,1-4H3. The number of benzene rings is 1. The molecule has 8 nitrogen and oxygen atoms in total. The number of nitrogens with zero attached hydrogens (tertiary/aromatic N) is 6. The second-order valence-corrected chi connectivity index (χ2v) is 11.8. The van der Waals surface area contributed by atoms with Gasteiger partial charge in [-0.25, -0.2) is 19.4 Å². The van der Waals surface area contributed by atoms with Crippen LogP contribution in [0.1, 0.15) is 56.8 Å². The molecule has 0 spiro atoms. The molecule has 0 radical (unpaired) electrons. The molecule has 2 aliphatic rings. The van der Waals surface area contributed by atoms with Crippen LogP contribution in [0, 0.1) is 12.8 Å². The van der Waals surface area contributed by atoms with E-state index in [4.69, 9.17) is 38.3 Å². The van der Waals surface area contributed by atoms with Crippen molar-refractivity contribution in [1.82, 2.24) is 24.6 Å². The molecule has 4 heterocycles. The third kappa shape index (κ3) is 5.50. The number of rotatable bonds is 7. The summed E-state index contributed by atoms with van der Waals surface area (Å²) in [6, 6.07) is 5.04. The number of anilines is 1. The van der Waals surface area contributed by atoms with Crippen LogP contribution in [-0.2, 0) is 9.53 Å². The minimum atomic E-state index is -3.48. The number of hydrogen-bond acceptors (Lipinski definition) is 7. The van der Waals surface area contributed by atoms with Gasteiger partial charge in [0, 0.05) is 41.6 Å². The second kappa shape index (κ2) is 11.4. The Morgan fingerprint density at radius 3 is 2.73 bits per heavy atom. The van der Waals surface area contributed by atoms with E-state index in [-0.39, 0.29) is 24.0 Å². The van der Waals surface area contributed by atoms with E-state index < -0.39 is 18.3 Å². The quantitative estimate of drug-likeness (QED) is 0.314. The molecular weight excluding hydrogens is 561 g/mol. The summed E-state index contributed by atoms with van der Waals surface area (Å²) in [7, 11) is 1.00. The number of fused-ring (bicyclic) bond motifs is 1. The lowest BCUT2D eigenvalue weighted by Gasteiger charge is -2.44. The summed E-state index contributed by atoms with van der Waals surface area (Å²) in [6.45, 7) is 8.26. The van der Waals surface area contributed by atoms with Gasteiger partial charge in [-0.2, -0.15) is 13.9 Å². The molecule has 4 unspecified atom stereocenters. The van der Waals surface area contributed by atoms with Gasteiger partial charge in [0.05, 0.1) is 25.0 Å². The van der Waals surface area contributed by atoms with Crippen molar-refractivity contribution in [2.45, 2.75) is 70.5 Å². The Morgan fingerprint density at radius 2 is 2.02 bits per heavy atom. The molecule has 3 aromatic rings. The van der Waals surface area contributed by atoms with Crippen LogP contribution in [0.2, 0.25) is 10.0 Å². The van der Waals surface area contributed by atoms with Crippen LogP contribution < -0.4 is 4.90 Å². The molecule has 0 bridgehead atoms. The average Bonchev–Trinajstić information content (AvgIpc) is 3.50. The minimum Gasteiger partial charge on any atom is -0.465 e. The highest BCUT2D eigenvalue weighted by Crippen LogP contribution is 2.36. The molecule has 0 amide bonds. The minimum absolute atomic E-state index is 0.147. The predicted molar refractivity (Wildman–Crippen MR) is 151 cm³/mol. The summed E-state index contributed by atoms with van der Waals surface area (Å²) in [4.78, 5) is 25.7. The first-order valence-corrected chi connectivity index (χ1v) is 14.4. The number of piperidine rings is 1. The number of aryl methyl sites for hydroxylation is 1. The fourth-order valence-electron chi connectivity index (χ4n) is 6.31. The number of aromatic nitrogens is 4. The second-order valence-electron chi connectivity index (χ2n) is 11.0. The molecule has 12 heteroatoms. The van der Waals surface area contributed by atoms with E-state index in [1.807, 2.05) is 30.7 Å². The number of carbonyl (C=O) groups is 1. The van der Waals surface area contributed by atoms with Gasteiger partial charge in [0.1, 0.15) is 11.3 Å². The van der Waals surface area contributed by atoms with E-state index in [2.05, 4.69) is 21.5 Å². The van der Waals surface area contributed by atoms with Crippen molar-refractivity contribution in [2.75, 3.05) is 31.6 Å². The molecule has 2 saturated heterocycles. The van der Waals surface area contributed by atoms with Crippen LogP contribution in [0.15, 0.2) is 24.4 Å². The first kappa shape index (κ1) is 29.0. The molecule has 0 aliphatic carbocycles. The van der Waals surface area contributed by atoms with Gasteiger partial charge in [-0.15, -0.1) is 0 Å². The molecule has 0 saturated carbocycles. The van der Waals surface area contributed by atoms with Gasteiger partial charge in [0.15, 0.2) is 5.65 Å². The number of alkyl halides is 2. The van der Waals surface area contributed by atoms with E-state index in [1.54, 1.807) is 12.3 Å². The van der Waals surface area contributed by atoms with E-state index in [0.717, 1.165) is 55.6 Å². The van der Waals surface area contributed by atoms with Crippen molar-refractivity contribution < 1.29 is 18.3 Å². The monoisotopic (exact) mass is 594 g/mol. The summed E-state index contributed by atoms with van der Waals surface area (Å²) >= 11 is 12.6. The third-order valence-corrected chi connectivity index (χ3v) is 8.91. The number of esters is 1. The first-order valence-electron chi connectivity index (χ1n) is 13.6. The van der Waals surface area contributed by atoms with Gasteiger partial charge >= 0.3 is 11.9 Å². The SMILES string of the molecule is COC(=O)C(F)(F)CC1CCCN1C1CCN(c2cnc3c(C)nn(C(C)c4ccc(Cl)cc4Cl)c3n2)CC1C. The molecule has 216 valence electrons. The Labute approximate surface area is 242 Å². The van der Waals surface area contributed by atoms with Gasteiger partial charge in [0.2, 0.25) is 0 Å². The zero-order valence-electron chi connectivity index (χ0n) is 23.1. The first-order chi connectivity index (χ1) is 19.0. The lowest BCUT2D eigenvalue weighted by atomic mass is 9.91. The molecular formula is C28H34Cl2F2N6O2. The Kier molecular flexibility index (Phi) is 8.23.